The third-order valence-corrected chi connectivity index (χ3v) is 4.57. The van der Waals surface area contributed by atoms with Crippen LogP contribution < -0.4 is 5.73 Å². The molecule has 126 valence electrons. The smallest absolute Gasteiger partial charge is 0.220 e. The first-order valence-corrected chi connectivity index (χ1v) is 8.19. The molecule has 4 N–H and O–H groups in total. The zero-order chi connectivity index (χ0) is 17.4. The molecule has 0 atom stereocenters. The van der Waals surface area contributed by atoms with Gasteiger partial charge in [-0.25, -0.2) is 14.4 Å². The van der Waals surface area contributed by atoms with Crippen LogP contribution >= 0.6 is 0 Å². The standard InChI is InChI=1S/C19H17FN4O/c20-15-11-23-18(21)24-17(15)14-10-22-16-4-3-12(9-13(14)16)5-8-19(25)6-1-2-7-19/h3-4,9-11,22,25H,1-2,6-7H2,(H2,21,23,24). The van der Waals surface area contributed by atoms with Crippen molar-refractivity contribution in [2.75, 3.05) is 5.73 Å². The minimum Gasteiger partial charge on any atom is -0.378 e. The van der Waals surface area contributed by atoms with Crippen molar-refractivity contribution in [2.24, 2.45) is 0 Å². The van der Waals surface area contributed by atoms with Crippen LogP contribution in [-0.2, 0) is 0 Å². The highest BCUT2D eigenvalue weighted by molar-refractivity contribution is 5.95. The Morgan fingerprint density at radius 2 is 2.08 bits per heavy atom. The highest BCUT2D eigenvalue weighted by Crippen LogP contribution is 2.31. The molecule has 0 aliphatic heterocycles. The molecule has 6 heteroatoms. The lowest BCUT2D eigenvalue weighted by molar-refractivity contribution is 0.110. The molecule has 0 radical (unpaired) electrons. The van der Waals surface area contributed by atoms with Crippen molar-refractivity contribution in [3.8, 4) is 23.1 Å². The third kappa shape index (κ3) is 2.94. The summed E-state index contributed by atoms with van der Waals surface area (Å²) in [7, 11) is 0. The molecule has 1 fully saturated rings. The van der Waals surface area contributed by atoms with Gasteiger partial charge in [0, 0.05) is 28.2 Å². The predicted octanol–water partition coefficient (Wildman–Crippen LogP) is 3.00. The van der Waals surface area contributed by atoms with Gasteiger partial charge in [-0.2, -0.15) is 0 Å². The lowest BCUT2D eigenvalue weighted by atomic mass is 10.0. The van der Waals surface area contributed by atoms with E-state index in [1.165, 1.54) is 0 Å². The summed E-state index contributed by atoms with van der Waals surface area (Å²) >= 11 is 0. The van der Waals surface area contributed by atoms with E-state index in [-0.39, 0.29) is 11.6 Å². The van der Waals surface area contributed by atoms with Gasteiger partial charge in [0.05, 0.1) is 6.20 Å². The molecule has 0 amide bonds. The number of nitrogen functional groups attached to an aromatic ring is 1. The zero-order valence-corrected chi connectivity index (χ0v) is 13.5. The van der Waals surface area contributed by atoms with Crippen molar-refractivity contribution in [3.05, 3.63) is 42.0 Å². The van der Waals surface area contributed by atoms with Crippen molar-refractivity contribution in [2.45, 2.75) is 31.3 Å². The Morgan fingerprint density at radius 1 is 1.28 bits per heavy atom. The average molecular weight is 336 g/mol. The summed E-state index contributed by atoms with van der Waals surface area (Å²) in [6, 6.07) is 5.62. The monoisotopic (exact) mass is 336 g/mol. The number of fused-ring (bicyclic) bond motifs is 1. The van der Waals surface area contributed by atoms with E-state index in [4.69, 9.17) is 5.73 Å². The third-order valence-electron chi connectivity index (χ3n) is 4.57. The zero-order valence-electron chi connectivity index (χ0n) is 13.5. The SMILES string of the molecule is Nc1ncc(F)c(-c2c[nH]c3ccc(C#CC4(O)CCCC4)cc23)n1. The number of nitrogens with two attached hydrogens (primary N) is 1. The Balaban J connectivity index is 1.78. The molecule has 1 aliphatic rings. The van der Waals surface area contributed by atoms with Crippen LogP contribution in [0.15, 0.2) is 30.6 Å². The molecular weight excluding hydrogens is 319 g/mol. The van der Waals surface area contributed by atoms with Crippen molar-refractivity contribution < 1.29 is 9.50 Å². The summed E-state index contributed by atoms with van der Waals surface area (Å²) in [6.45, 7) is 0. The highest BCUT2D eigenvalue weighted by atomic mass is 19.1. The van der Waals surface area contributed by atoms with Gasteiger partial charge in [0.15, 0.2) is 5.82 Å². The van der Waals surface area contributed by atoms with Crippen molar-refractivity contribution in [3.63, 3.8) is 0 Å². The minimum absolute atomic E-state index is 0.0187. The fraction of sp³-hybridized carbons (Fsp3) is 0.263. The van der Waals surface area contributed by atoms with E-state index < -0.39 is 11.4 Å². The van der Waals surface area contributed by atoms with Crippen molar-refractivity contribution >= 4 is 16.9 Å². The molecule has 0 unspecified atom stereocenters. The summed E-state index contributed by atoms with van der Waals surface area (Å²) in [4.78, 5) is 10.8. The minimum atomic E-state index is -0.886. The normalized spacial score (nSPS) is 15.9. The number of aromatic amines is 1. The Bertz CT molecular complexity index is 1010. The van der Waals surface area contributed by atoms with E-state index in [1.807, 2.05) is 18.2 Å². The first kappa shape index (κ1) is 15.6. The van der Waals surface area contributed by atoms with Gasteiger partial charge in [-0.15, -0.1) is 0 Å². The second kappa shape index (κ2) is 5.87. The number of nitrogens with one attached hydrogen (secondary N) is 1. The Kier molecular flexibility index (Phi) is 3.66. The maximum Gasteiger partial charge on any atom is 0.220 e. The van der Waals surface area contributed by atoms with Crippen LogP contribution in [0, 0.1) is 17.7 Å². The number of aromatic nitrogens is 3. The fourth-order valence-corrected chi connectivity index (χ4v) is 3.24. The lowest BCUT2D eigenvalue weighted by Crippen LogP contribution is -2.20. The lowest BCUT2D eigenvalue weighted by Gasteiger charge is -2.12. The number of anilines is 1. The number of rotatable bonds is 1. The maximum absolute atomic E-state index is 14.1. The number of hydrogen-bond donors (Lipinski definition) is 3. The molecule has 4 rings (SSSR count). The van der Waals surface area contributed by atoms with Gasteiger partial charge >= 0.3 is 0 Å². The molecule has 0 saturated heterocycles. The van der Waals surface area contributed by atoms with E-state index in [1.54, 1.807) is 6.20 Å². The molecule has 1 saturated carbocycles. The van der Waals surface area contributed by atoms with E-state index in [2.05, 4.69) is 26.8 Å². The Morgan fingerprint density at radius 3 is 2.88 bits per heavy atom. The maximum atomic E-state index is 14.1. The Labute approximate surface area is 144 Å². The Hall–Kier alpha value is -2.91. The molecule has 2 heterocycles. The van der Waals surface area contributed by atoms with E-state index in [0.717, 1.165) is 35.5 Å². The molecular formula is C19H17FN4O. The number of benzene rings is 1. The fourth-order valence-electron chi connectivity index (χ4n) is 3.24. The second-order valence-corrected chi connectivity index (χ2v) is 6.38. The summed E-state index contributed by atoms with van der Waals surface area (Å²) in [5.41, 5.74) is 7.06. The summed E-state index contributed by atoms with van der Waals surface area (Å²) in [6.07, 6.45) is 6.18. The van der Waals surface area contributed by atoms with Gasteiger partial charge in [-0.3, -0.25) is 0 Å². The topological polar surface area (TPSA) is 87.8 Å². The van der Waals surface area contributed by atoms with Crippen molar-refractivity contribution in [1.29, 1.82) is 0 Å². The van der Waals surface area contributed by atoms with Gasteiger partial charge < -0.3 is 15.8 Å². The summed E-state index contributed by atoms with van der Waals surface area (Å²) in [5.74, 6) is 5.52. The van der Waals surface area contributed by atoms with Crippen LogP contribution in [0.25, 0.3) is 22.2 Å². The first-order valence-electron chi connectivity index (χ1n) is 8.19. The van der Waals surface area contributed by atoms with E-state index in [9.17, 15) is 9.50 Å². The van der Waals surface area contributed by atoms with Crippen LogP contribution in [0.3, 0.4) is 0 Å². The van der Waals surface area contributed by atoms with Gasteiger partial charge in [0.1, 0.15) is 11.3 Å². The van der Waals surface area contributed by atoms with Gasteiger partial charge in [0.25, 0.3) is 0 Å². The largest absolute Gasteiger partial charge is 0.378 e. The molecule has 0 bridgehead atoms. The molecule has 3 aromatic rings. The number of halogens is 1. The quantitative estimate of drug-likeness (QED) is 0.596. The molecule has 2 aromatic heterocycles. The molecule has 1 aromatic carbocycles. The van der Waals surface area contributed by atoms with E-state index in [0.29, 0.717) is 18.4 Å². The number of nitrogens with zero attached hydrogens (tertiary/aromatic N) is 2. The van der Waals surface area contributed by atoms with Crippen LogP contribution in [0.2, 0.25) is 0 Å². The summed E-state index contributed by atoms with van der Waals surface area (Å²) in [5, 5.41) is 11.2. The average Bonchev–Trinajstić information content (AvgIpc) is 3.22. The molecule has 0 spiro atoms. The number of hydrogen-bond acceptors (Lipinski definition) is 4. The molecule has 5 nitrogen and oxygen atoms in total. The molecule has 1 aliphatic carbocycles. The van der Waals surface area contributed by atoms with Crippen molar-refractivity contribution in [1.82, 2.24) is 15.0 Å². The molecule has 25 heavy (non-hydrogen) atoms. The number of H-pyrrole nitrogens is 1. The van der Waals surface area contributed by atoms with Crippen LogP contribution in [0.1, 0.15) is 31.2 Å². The second-order valence-electron chi connectivity index (χ2n) is 6.38. The highest BCUT2D eigenvalue weighted by Gasteiger charge is 2.28. The van der Waals surface area contributed by atoms with Crippen LogP contribution in [-0.4, -0.2) is 25.7 Å². The van der Waals surface area contributed by atoms with Gasteiger partial charge in [0.2, 0.25) is 5.95 Å². The van der Waals surface area contributed by atoms with E-state index >= 15 is 0 Å². The van der Waals surface area contributed by atoms with Crippen LogP contribution in [0.5, 0.6) is 0 Å². The predicted molar refractivity (Wildman–Crippen MR) is 94.0 cm³/mol. The van der Waals surface area contributed by atoms with Gasteiger partial charge in [-0.05, 0) is 43.9 Å². The summed E-state index contributed by atoms with van der Waals surface area (Å²) < 4.78 is 14.1. The number of aliphatic hydroxyl groups is 1. The van der Waals surface area contributed by atoms with Crippen LogP contribution in [0.4, 0.5) is 10.3 Å². The van der Waals surface area contributed by atoms with Gasteiger partial charge in [-0.1, -0.05) is 11.8 Å². The first-order chi connectivity index (χ1) is 12.0.